The summed E-state index contributed by atoms with van der Waals surface area (Å²) in [6.07, 6.45) is 9.00. The first-order valence-corrected chi connectivity index (χ1v) is 12.2. The maximum Gasteiger partial charge on any atom is 0.285 e. The molecule has 1 saturated heterocycles. The molecule has 150 valence electrons. The number of fused-ring (bicyclic) bond motifs is 2. The second-order valence-corrected chi connectivity index (χ2v) is 11.8. The lowest BCUT2D eigenvalue weighted by molar-refractivity contribution is -0.122. The molecule has 0 aromatic rings. The second kappa shape index (κ2) is 5.71. The lowest BCUT2D eigenvalue weighted by atomic mass is 9.69. The van der Waals surface area contributed by atoms with Crippen LogP contribution in [0.4, 0.5) is 0 Å². The fourth-order valence-corrected chi connectivity index (χ4v) is 9.47. The van der Waals surface area contributed by atoms with Crippen LogP contribution in [0.15, 0.2) is 5.16 Å². The van der Waals surface area contributed by atoms with E-state index < -0.39 is 15.9 Å². The molecule has 0 N–H and O–H groups in total. The number of nitrogens with zero attached hydrogens (tertiary/aromatic N) is 2. The maximum atomic E-state index is 13.5. The Labute approximate surface area is 161 Å². The van der Waals surface area contributed by atoms with Gasteiger partial charge in [0.05, 0.1) is 11.8 Å². The Hall–Kier alpha value is -1.11. The summed E-state index contributed by atoms with van der Waals surface area (Å²) in [5, 5.41) is 4.14. The minimum atomic E-state index is -3.60. The zero-order valence-corrected chi connectivity index (χ0v) is 17.1. The van der Waals surface area contributed by atoms with Crippen molar-refractivity contribution in [3.8, 4) is 0 Å². The Balaban J connectivity index is 1.47. The van der Waals surface area contributed by atoms with E-state index in [4.69, 9.17) is 4.84 Å². The summed E-state index contributed by atoms with van der Waals surface area (Å²) < 4.78 is 27.5. The lowest BCUT2D eigenvalue weighted by Crippen LogP contribution is -2.48. The van der Waals surface area contributed by atoms with Crippen LogP contribution < -0.4 is 0 Å². The Morgan fingerprint density at radius 1 is 1.15 bits per heavy atom. The van der Waals surface area contributed by atoms with Gasteiger partial charge in [-0.1, -0.05) is 38.3 Å². The average molecular weight is 395 g/mol. The molecule has 1 spiro atoms. The molecular weight excluding hydrogens is 364 g/mol. The molecule has 0 aromatic carbocycles. The van der Waals surface area contributed by atoms with Crippen LogP contribution in [0, 0.1) is 22.7 Å². The first kappa shape index (κ1) is 18.0. The molecule has 6 nitrogen and oxygen atoms in total. The van der Waals surface area contributed by atoms with Crippen molar-refractivity contribution in [2.24, 2.45) is 27.8 Å². The van der Waals surface area contributed by atoms with Crippen molar-refractivity contribution in [3.63, 3.8) is 0 Å². The van der Waals surface area contributed by atoms with Crippen LogP contribution in [-0.4, -0.2) is 42.2 Å². The van der Waals surface area contributed by atoms with E-state index in [1.165, 1.54) is 10.7 Å². The minimum Gasteiger partial charge on any atom is -0.391 e. The molecule has 3 aliphatic carbocycles. The van der Waals surface area contributed by atoms with Crippen LogP contribution >= 0.6 is 0 Å². The highest BCUT2D eigenvalue weighted by molar-refractivity contribution is 7.90. The Morgan fingerprint density at radius 2 is 1.89 bits per heavy atom. The summed E-state index contributed by atoms with van der Waals surface area (Å²) in [5.74, 6) is 0.177. The van der Waals surface area contributed by atoms with Crippen LogP contribution in [0.25, 0.3) is 0 Å². The van der Waals surface area contributed by atoms with Crippen molar-refractivity contribution in [2.45, 2.75) is 83.8 Å². The van der Waals surface area contributed by atoms with Crippen LogP contribution in [0.3, 0.4) is 0 Å². The molecule has 0 radical (unpaired) electrons. The third-order valence-corrected chi connectivity index (χ3v) is 10.6. The molecule has 2 aliphatic heterocycles. The summed E-state index contributed by atoms with van der Waals surface area (Å²) in [6.45, 7) is 4.41. The molecule has 3 saturated carbocycles. The third-order valence-electron chi connectivity index (χ3n) is 8.67. The molecule has 4 fully saturated rings. The molecule has 2 bridgehead atoms. The highest BCUT2D eigenvalue weighted by Gasteiger charge is 2.72. The van der Waals surface area contributed by atoms with Gasteiger partial charge in [0, 0.05) is 11.3 Å². The highest BCUT2D eigenvalue weighted by Crippen LogP contribution is 2.70. The Morgan fingerprint density at radius 3 is 2.63 bits per heavy atom. The number of hydrogen-bond donors (Lipinski definition) is 0. The summed E-state index contributed by atoms with van der Waals surface area (Å²) >= 11 is 0. The van der Waals surface area contributed by atoms with Crippen molar-refractivity contribution < 1.29 is 18.0 Å². The fraction of sp³-hybridized carbons (Fsp3) is 0.900. The van der Waals surface area contributed by atoms with E-state index in [0.29, 0.717) is 11.6 Å². The maximum absolute atomic E-state index is 13.5. The van der Waals surface area contributed by atoms with Crippen molar-refractivity contribution in [1.82, 2.24) is 4.31 Å². The van der Waals surface area contributed by atoms with Gasteiger partial charge >= 0.3 is 0 Å². The lowest BCUT2D eigenvalue weighted by Gasteiger charge is -2.37. The topological polar surface area (TPSA) is 76.0 Å². The van der Waals surface area contributed by atoms with Crippen molar-refractivity contribution >= 4 is 21.6 Å². The van der Waals surface area contributed by atoms with Crippen LogP contribution in [0.1, 0.15) is 71.6 Å². The van der Waals surface area contributed by atoms with Gasteiger partial charge in [0.25, 0.3) is 5.91 Å². The van der Waals surface area contributed by atoms with E-state index in [-0.39, 0.29) is 34.6 Å². The Kier molecular flexibility index (Phi) is 3.79. The molecule has 0 aromatic heterocycles. The summed E-state index contributed by atoms with van der Waals surface area (Å²) in [4.78, 5) is 19.1. The van der Waals surface area contributed by atoms with Gasteiger partial charge in [-0.2, -0.15) is 0 Å². The molecule has 5 aliphatic rings. The highest BCUT2D eigenvalue weighted by atomic mass is 32.2. The average Bonchev–Trinajstić information content (AvgIpc) is 3.20. The molecular formula is C20H30N2O4S. The number of carbonyl (C=O) groups excluding carboxylic acids is 1. The van der Waals surface area contributed by atoms with Gasteiger partial charge in [0.15, 0.2) is 5.71 Å². The predicted octanol–water partition coefficient (Wildman–Crippen LogP) is 3.08. The normalized spacial score (nSPS) is 44.1. The zero-order valence-electron chi connectivity index (χ0n) is 16.3. The summed E-state index contributed by atoms with van der Waals surface area (Å²) in [7, 11) is -3.60. The van der Waals surface area contributed by atoms with E-state index >= 15 is 0 Å². The number of hydrogen-bond acceptors (Lipinski definition) is 5. The third kappa shape index (κ3) is 2.26. The van der Waals surface area contributed by atoms with Crippen LogP contribution in [0.2, 0.25) is 0 Å². The molecule has 7 heteroatoms. The van der Waals surface area contributed by atoms with Gasteiger partial charge in [0.1, 0.15) is 6.10 Å². The van der Waals surface area contributed by atoms with Gasteiger partial charge in [-0.3, -0.25) is 4.79 Å². The molecule has 2 heterocycles. The van der Waals surface area contributed by atoms with Crippen molar-refractivity contribution in [1.29, 1.82) is 0 Å². The largest absolute Gasteiger partial charge is 0.391 e. The van der Waals surface area contributed by atoms with Gasteiger partial charge < -0.3 is 4.84 Å². The van der Waals surface area contributed by atoms with Crippen LogP contribution in [0.5, 0.6) is 0 Å². The zero-order chi connectivity index (χ0) is 19.0. The fourth-order valence-electron chi connectivity index (χ4n) is 6.95. The smallest absolute Gasteiger partial charge is 0.285 e. The predicted molar refractivity (Wildman–Crippen MR) is 101 cm³/mol. The summed E-state index contributed by atoms with van der Waals surface area (Å²) in [5.41, 5.74) is 0.0476. The molecule has 1 amide bonds. The first-order chi connectivity index (χ1) is 12.8. The Bertz CT molecular complexity index is 805. The number of carbonyl (C=O) groups is 1. The van der Waals surface area contributed by atoms with E-state index in [2.05, 4.69) is 19.0 Å². The van der Waals surface area contributed by atoms with Crippen molar-refractivity contribution in [3.05, 3.63) is 0 Å². The van der Waals surface area contributed by atoms with Crippen molar-refractivity contribution in [2.75, 3.05) is 5.75 Å². The van der Waals surface area contributed by atoms with Gasteiger partial charge in [0.2, 0.25) is 10.0 Å². The molecule has 27 heavy (non-hydrogen) atoms. The quantitative estimate of drug-likeness (QED) is 0.685. The summed E-state index contributed by atoms with van der Waals surface area (Å²) in [6, 6.07) is -0.195. The number of sulfonamides is 1. The van der Waals surface area contributed by atoms with E-state index in [1.807, 2.05) is 0 Å². The number of oxime groups is 1. The van der Waals surface area contributed by atoms with E-state index in [0.717, 1.165) is 51.4 Å². The number of rotatable bonds is 1. The number of amides is 1. The standard InChI is InChI=1S/C20H30N2O4S/c1-19(2)13-9-10-20(19)12-27(24,25)22(16(20)11-13)18(23)17-14-7-5-3-4-6-8-15(14)26-21-17/h13-16H,3-12H2,1-2H3/t13-,14+,15-,16-,20-/m1/s1. The monoisotopic (exact) mass is 394 g/mol. The minimum absolute atomic E-state index is 0.0312. The van der Waals surface area contributed by atoms with Gasteiger partial charge in [-0.05, 0) is 49.9 Å². The SMILES string of the molecule is CC1(C)[C@@H]2CC[C@]13CS(=O)(=O)N(C(=O)C1=NO[C@@H]4CCCCCC[C@H]14)[C@@H]3C2. The van der Waals surface area contributed by atoms with E-state index in [9.17, 15) is 13.2 Å². The second-order valence-electron chi connectivity index (χ2n) is 9.94. The molecule has 5 rings (SSSR count). The van der Waals surface area contributed by atoms with E-state index in [1.54, 1.807) is 0 Å². The van der Waals surface area contributed by atoms with Crippen LogP contribution in [-0.2, 0) is 19.7 Å². The van der Waals surface area contributed by atoms with Gasteiger partial charge in [-0.15, -0.1) is 0 Å². The first-order valence-electron chi connectivity index (χ1n) is 10.6. The van der Waals surface area contributed by atoms with Gasteiger partial charge in [-0.25, -0.2) is 12.7 Å². The molecule has 5 atom stereocenters. The molecule has 0 unspecified atom stereocenters.